The quantitative estimate of drug-likeness (QED) is 0.362. The van der Waals surface area contributed by atoms with Gasteiger partial charge in [-0.1, -0.05) is 41.0 Å². The van der Waals surface area contributed by atoms with Crippen molar-refractivity contribution in [2.45, 2.75) is 86.0 Å². The van der Waals surface area contributed by atoms with E-state index in [1.54, 1.807) is 0 Å². The van der Waals surface area contributed by atoms with Gasteiger partial charge in [0.05, 0.1) is 6.61 Å². The summed E-state index contributed by atoms with van der Waals surface area (Å²) in [6.45, 7) is 11.2. The molecule has 0 saturated heterocycles. The predicted molar refractivity (Wildman–Crippen MR) is 95.7 cm³/mol. The summed E-state index contributed by atoms with van der Waals surface area (Å²) in [5.74, 6) is -0.368. The lowest BCUT2D eigenvalue weighted by Gasteiger charge is -2.45. The van der Waals surface area contributed by atoms with Crippen LogP contribution in [0.4, 0.5) is 0 Å². The normalized spacial score (nSPS) is 19.5. The molecular weight excluding hydrogens is 304 g/mol. The summed E-state index contributed by atoms with van der Waals surface area (Å²) in [6.07, 6.45) is 6.35. The Kier molecular flexibility index (Phi) is 7.75. The Morgan fingerprint density at radius 2 is 1.50 bits per heavy atom. The highest BCUT2D eigenvalue weighted by Gasteiger charge is 2.53. The van der Waals surface area contributed by atoms with Gasteiger partial charge in [0.15, 0.2) is 5.41 Å². The molecule has 1 saturated carbocycles. The molecular formula is C20H36O4. The smallest absolute Gasteiger partial charge is 0.323 e. The Labute approximate surface area is 147 Å². The first-order valence-corrected chi connectivity index (χ1v) is 9.58. The van der Waals surface area contributed by atoms with E-state index in [4.69, 9.17) is 4.74 Å². The van der Waals surface area contributed by atoms with Crippen LogP contribution in [0.15, 0.2) is 0 Å². The van der Waals surface area contributed by atoms with Crippen LogP contribution in [0, 0.1) is 22.7 Å². The van der Waals surface area contributed by atoms with Crippen LogP contribution < -0.4 is 0 Å². The van der Waals surface area contributed by atoms with E-state index in [0.29, 0.717) is 31.3 Å². The molecule has 4 nitrogen and oxygen atoms in total. The van der Waals surface area contributed by atoms with Crippen LogP contribution in [-0.4, -0.2) is 23.7 Å². The van der Waals surface area contributed by atoms with Crippen molar-refractivity contribution >= 4 is 11.9 Å². The molecule has 0 aromatic rings. The summed E-state index contributed by atoms with van der Waals surface area (Å²) in [5, 5.41) is 9.75. The van der Waals surface area contributed by atoms with Crippen molar-refractivity contribution in [3.05, 3.63) is 0 Å². The molecule has 0 heterocycles. The third-order valence-corrected chi connectivity index (χ3v) is 5.38. The van der Waals surface area contributed by atoms with Crippen molar-refractivity contribution < 1.29 is 19.4 Å². The molecule has 24 heavy (non-hydrogen) atoms. The SMILES string of the molecule is CCCCOC(=O)C1(C(=O)O)CCC(CC(C)C)(CC(C)C)CC1. The average Bonchev–Trinajstić information content (AvgIpc) is 2.46. The number of carboxylic acid groups (broad SMARTS) is 1. The summed E-state index contributed by atoms with van der Waals surface area (Å²) < 4.78 is 5.30. The summed E-state index contributed by atoms with van der Waals surface area (Å²) in [5.41, 5.74) is -1.16. The highest BCUT2D eigenvalue weighted by Crippen LogP contribution is 2.52. The standard InChI is InChI=1S/C20H36O4/c1-6-7-12-24-18(23)20(17(21)22)10-8-19(9-11-20,13-15(2)3)14-16(4)5/h15-16H,6-14H2,1-5H3,(H,21,22). The number of unbranched alkanes of at least 4 members (excludes halogenated alkanes) is 1. The molecule has 140 valence electrons. The molecule has 0 aliphatic heterocycles. The minimum Gasteiger partial charge on any atom is -0.480 e. The second-order valence-corrected chi connectivity index (χ2v) is 8.57. The second-order valence-electron chi connectivity index (χ2n) is 8.57. The van der Waals surface area contributed by atoms with Crippen LogP contribution in [0.5, 0.6) is 0 Å². The summed E-state index contributed by atoms with van der Waals surface area (Å²) >= 11 is 0. The molecule has 1 rings (SSSR count). The fourth-order valence-electron chi connectivity index (χ4n) is 4.38. The molecule has 0 spiro atoms. The first-order chi connectivity index (χ1) is 11.2. The zero-order valence-electron chi connectivity index (χ0n) is 16.2. The molecule has 0 atom stereocenters. The Morgan fingerprint density at radius 3 is 1.88 bits per heavy atom. The van der Waals surface area contributed by atoms with Crippen molar-refractivity contribution in [1.82, 2.24) is 0 Å². The van der Waals surface area contributed by atoms with Crippen molar-refractivity contribution in [2.75, 3.05) is 6.61 Å². The highest BCUT2D eigenvalue weighted by molar-refractivity contribution is 5.99. The van der Waals surface area contributed by atoms with E-state index < -0.39 is 17.4 Å². The Hall–Kier alpha value is -1.06. The lowest BCUT2D eigenvalue weighted by molar-refractivity contribution is -0.174. The van der Waals surface area contributed by atoms with Crippen LogP contribution in [0.2, 0.25) is 0 Å². The van der Waals surface area contributed by atoms with E-state index in [9.17, 15) is 14.7 Å². The topological polar surface area (TPSA) is 63.6 Å². The van der Waals surface area contributed by atoms with E-state index >= 15 is 0 Å². The largest absolute Gasteiger partial charge is 0.480 e. The van der Waals surface area contributed by atoms with Crippen LogP contribution in [0.25, 0.3) is 0 Å². The van der Waals surface area contributed by atoms with E-state index in [0.717, 1.165) is 38.5 Å². The van der Waals surface area contributed by atoms with E-state index in [1.165, 1.54) is 0 Å². The number of rotatable bonds is 9. The number of esters is 1. The number of carbonyl (C=O) groups is 2. The van der Waals surface area contributed by atoms with Gasteiger partial charge >= 0.3 is 11.9 Å². The molecule has 0 amide bonds. The van der Waals surface area contributed by atoms with Crippen LogP contribution in [0.3, 0.4) is 0 Å². The van der Waals surface area contributed by atoms with E-state index in [2.05, 4.69) is 27.7 Å². The number of ether oxygens (including phenoxy) is 1. The zero-order valence-corrected chi connectivity index (χ0v) is 16.2. The minimum absolute atomic E-state index is 0.172. The Bertz CT molecular complexity index is 405. The number of aliphatic carboxylic acids is 1. The molecule has 1 fully saturated rings. The van der Waals surface area contributed by atoms with Crippen molar-refractivity contribution in [1.29, 1.82) is 0 Å². The first kappa shape index (κ1) is 21.0. The summed E-state index contributed by atoms with van der Waals surface area (Å²) in [7, 11) is 0. The lowest BCUT2D eigenvalue weighted by Crippen LogP contribution is -2.46. The second kappa shape index (κ2) is 8.87. The van der Waals surface area contributed by atoms with Gasteiger partial charge < -0.3 is 9.84 Å². The molecule has 0 aromatic heterocycles. The number of carboxylic acids is 1. The molecule has 0 aromatic carbocycles. The summed E-state index contributed by atoms with van der Waals surface area (Å²) in [4.78, 5) is 24.4. The fraction of sp³-hybridized carbons (Fsp3) is 0.900. The molecule has 0 bridgehead atoms. The third-order valence-electron chi connectivity index (χ3n) is 5.38. The number of hydrogen-bond donors (Lipinski definition) is 1. The summed E-state index contributed by atoms with van der Waals surface area (Å²) in [6, 6.07) is 0. The van der Waals surface area contributed by atoms with Gasteiger partial charge in [-0.3, -0.25) is 9.59 Å². The van der Waals surface area contributed by atoms with Gasteiger partial charge in [0, 0.05) is 0 Å². The van der Waals surface area contributed by atoms with Crippen molar-refractivity contribution in [3.8, 4) is 0 Å². The monoisotopic (exact) mass is 340 g/mol. The van der Waals surface area contributed by atoms with Gasteiger partial charge in [0.25, 0.3) is 0 Å². The Balaban J connectivity index is 2.87. The van der Waals surface area contributed by atoms with Crippen LogP contribution >= 0.6 is 0 Å². The molecule has 4 heteroatoms. The number of carbonyl (C=O) groups excluding carboxylic acids is 1. The maximum absolute atomic E-state index is 12.5. The third kappa shape index (κ3) is 5.22. The molecule has 0 radical (unpaired) electrons. The fourth-order valence-corrected chi connectivity index (χ4v) is 4.38. The van der Waals surface area contributed by atoms with Gasteiger partial charge in [-0.15, -0.1) is 0 Å². The first-order valence-electron chi connectivity index (χ1n) is 9.58. The highest BCUT2D eigenvalue weighted by atomic mass is 16.5. The van der Waals surface area contributed by atoms with Gasteiger partial charge in [-0.05, 0) is 62.2 Å². The van der Waals surface area contributed by atoms with Crippen LogP contribution in [-0.2, 0) is 14.3 Å². The lowest BCUT2D eigenvalue weighted by atomic mass is 9.59. The van der Waals surface area contributed by atoms with Crippen molar-refractivity contribution in [3.63, 3.8) is 0 Å². The molecule has 1 aliphatic rings. The number of hydrogen-bond acceptors (Lipinski definition) is 3. The van der Waals surface area contributed by atoms with E-state index in [1.807, 2.05) is 6.92 Å². The minimum atomic E-state index is -1.33. The Morgan fingerprint density at radius 1 is 1.00 bits per heavy atom. The zero-order chi connectivity index (χ0) is 18.4. The maximum atomic E-state index is 12.5. The predicted octanol–water partition coefficient (Wildman–Crippen LogP) is 5.05. The van der Waals surface area contributed by atoms with E-state index in [-0.39, 0.29) is 5.41 Å². The maximum Gasteiger partial charge on any atom is 0.323 e. The van der Waals surface area contributed by atoms with Crippen molar-refractivity contribution in [2.24, 2.45) is 22.7 Å². The van der Waals surface area contributed by atoms with Gasteiger partial charge in [-0.25, -0.2) is 0 Å². The van der Waals surface area contributed by atoms with Gasteiger partial charge in [-0.2, -0.15) is 0 Å². The van der Waals surface area contributed by atoms with Gasteiger partial charge in [0.2, 0.25) is 0 Å². The van der Waals surface area contributed by atoms with Gasteiger partial charge in [0.1, 0.15) is 0 Å². The molecule has 1 N–H and O–H groups in total. The average molecular weight is 341 g/mol. The molecule has 0 unspecified atom stereocenters. The molecule has 1 aliphatic carbocycles. The van der Waals surface area contributed by atoms with Crippen LogP contribution in [0.1, 0.15) is 86.0 Å².